The average Bonchev–Trinajstić information content (AvgIpc) is 2.51. The third kappa shape index (κ3) is 4.48. The minimum Gasteiger partial charge on any atom is -0.390 e. The van der Waals surface area contributed by atoms with Crippen molar-refractivity contribution < 1.29 is 18.0 Å². The molecule has 0 amide bonds. The Bertz CT molecular complexity index is 678. The van der Waals surface area contributed by atoms with Crippen LogP contribution in [0.2, 0.25) is 0 Å². The van der Waals surface area contributed by atoms with Gasteiger partial charge in [-0.1, -0.05) is 48.1 Å². The maximum absolute atomic E-state index is 12.6. The SMILES string of the molecule is C=Cc1cccc(CO/N=[C]\c2cccc(C(F)(F)F)c2)c1. The lowest BCUT2D eigenvalue weighted by molar-refractivity contribution is -0.137. The number of nitrogens with zero attached hydrogens (tertiary/aromatic N) is 1. The van der Waals surface area contributed by atoms with E-state index in [2.05, 4.69) is 17.9 Å². The molecule has 0 fully saturated rings. The van der Waals surface area contributed by atoms with Crippen molar-refractivity contribution in [1.82, 2.24) is 0 Å². The highest BCUT2D eigenvalue weighted by molar-refractivity contribution is 5.79. The lowest BCUT2D eigenvalue weighted by Crippen LogP contribution is -2.05. The number of alkyl halides is 3. The lowest BCUT2D eigenvalue weighted by atomic mass is 10.1. The highest BCUT2D eigenvalue weighted by Crippen LogP contribution is 2.29. The van der Waals surface area contributed by atoms with Crippen LogP contribution in [0, 0.1) is 0 Å². The van der Waals surface area contributed by atoms with Crippen molar-refractivity contribution in [2.45, 2.75) is 12.8 Å². The van der Waals surface area contributed by atoms with Gasteiger partial charge in [0.25, 0.3) is 0 Å². The van der Waals surface area contributed by atoms with E-state index in [1.807, 2.05) is 24.3 Å². The van der Waals surface area contributed by atoms with Crippen LogP contribution in [0.15, 0.2) is 60.3 Å². The molecule has 0 bridgehead atoms. The number of rotatable bonds is 5. The van der Waals surface area contributed by atoms with Crippen LogP contribution in [0.3, 0.4) is 0 Å². The molecule has 1 radical (unpaired) electrons. The van der Waals surface area contributed by atoms with E-state index >= 15 is 0 Å². The van der Waals surface area contributed by atoms with Crippen molar-refractivity contribution in [2.75, 3.05) is 0 Å². The summed E-state index contributed by atoms with van der Waals surface area (Å²) in [5.41, 5.74) is 1.29. The van der Waals surface area contributed by atoms with Gasteiger partial charge in [0, 0.05) is 5.56 Å². The van der Waals surface area contributed by atoms with Crippen LogP contribution in [0.5, 0.6) is 0 Å². The van der Waals surface area contributed by atoms with Crippen molar-refractivity contribution in [3.8, 4) is 0 Å². The molecule has 22 heavy (non-hydrogen) atoms. The molecular formula is C17H13F3NO. The molecule has 5 heteroatoms. The Kier molecular flexibility index (Phi) is 4.99. The first-order valence-corrected chi connectivity index (χ1v) is 6.46. The molecule has 0 aliphatic carbocycles. The Balaban J connectivity index is 1.96. The van der Waals surface area contributed by atoms with Gasteiger partial charge in [0.15, 0.2) is 0 Å². The van der Waals surface area contributed by atoms with Crippen LogP contribution in [-0.4, -0.2) is 6.21 Å². The summed E-state index contributed by atoms with van der Waals surface area (Å²) in [4.78, 5) is 5.05. The van der Waals surface area contributed by atoms with Gasteiger partial charge in [-0.05, 0) is 29.3 Å². The molecule has 113 valence electrons. The summed E-state index contributed by atoms with van der Waals surface area (Å²) in [5, 5.41) is 3.57. The topological polar surface area (TPSA) is 21.6 Å². The van der Waals surface area contributed by atoms with Gasteiger partial charge in [0.1, 0.15) is 12.8 Å². The van der Waals surface area contributed by atoms with Gasteiger partial charge in [-0.25, -0.2) is 0 Å². The van der Waals surface area contributed by atoms with Crippen molar-refractivity contribution in [3.05, 3.63) is 77.4 Å². The van der Waals surface area contributed by atoms with Crippen LogP contribution >= 0.6 is 0 Å². The summed E-state index contributed by atoms with van der Waals surface area (Å²) in [6.45, 7) is 3.87. The fraction of sp³-hybridized carbons (Fsp3) is 0.118. The van der Waals surface area contributed by atoms with E-state index in [0.717, 1.165) is 23.3 Å². The second kappa shape index (κ2) is 6.93. The van der Waals surface area contributed by atoms with Gasteiger partial charge in [-0.3, -0.25) is 0 Å². The smallest absolute Gasteiger partial charge is 0.390 e. The van der Waals surface area contributed by atoms with E-state index in [-0.39, 0.29) is 12.2 Å². The summed E-state index contributed by atoms with van der Waals surface area (Å²) < 4.78 is 37.7. The monoisotopic (exact) mass is 304 g/mol. The standard InChI is InChI=1S/C17H13F3NO/c1-2-13-5-3-7-15(9-13)12-22-21-11-14-6-4-8-16(10-14)17(18,19)20/h2-10H,1,12H2. The highest BCUT2D eigenvalue weighted by Gasteiger charge is 2.30. The minimum atomic E-state index is -4.39. The van der Waals surface area contributed by atoms with E-state index in [9.17, 15) is 13.2 Å². The molecule has 0 saturated heterocycles. The van der Waals surface area contributed by atoms with E-state index in [1.54, 1.807) is 6.08 Å². The second-order valence-electron chi connectivity index (χ2n) is 4.50. The zero-order chi connectivity index (χ0) is 16.0. The van der Waals surface area contributed by atoms with Crippen LogP contribution in [0.4, 0.5) is 13.2 Å². The predicted octanol–water partition coefficient (Wildman–Crippen LogP) is 4.78. The molecule has 0 aliphatic heterocycles. The summed E-state index contributed by atoms with van der Waals surface area (Å²) in [7, 11) is 0. The molecule has 0 atom stereocenters. The van der Waals surface area contributed by atoms with Crippen molar-refractivity contribution in [3.63, 3.8) is 0 Å². The van der Waals surface area contributed by atoms with E-state index in [0.29, 0.717) is 0 Å². The number of hydrogen-bond acceptors (Lipinski definition) is 2. The quantitative estimate of drug-likeness (QED) is 0.575. The van der Waals surface area contributed by atoms with E-state index < -0.39 is 11.7 Å². The fourth-order valence-corrected chi connectivity index (χ4v) is 1.77. The van der Waals surface area contributed by atoms with Gasteiger partial charge < -0.3 is 4.84 Å². The first-order valence-electron chi connectivity index (χ1n) is 6.46. The van der Waals surface area contributed by atoms with Crippen molar-refractivity contribution >= 4 is 12.3 Å². The zero-order valence-electron chi connectivity index (χ0n) is 11.6. The van der Waals surface area contributed by atoms with Gasteiger partial charge in [-0.2, -0.15) is 13.2 Å². The van der Waals surface area contributed by atoms with Crippen molar-refractivity contribution in [2.24, 2.45) is 5.16 Å². The van der Waals surface area contributed by atoms with E-state index in [1.165, 1.54) is 12.1 Å². The third-order valence-corrected chi connectivity index (χ3v) is 2.85. The summed E-state index contributed by atoms with van der Waals surface area (Å²) in [6, 6.07) is 12.2. The Morgan fingerprint density at radius 1 is 1.14 bits per heavy atom. The van der Waals surface area contributed by atoms with Gasteiger partial charge in [0.05, 0.1) is 5.56 Å². The third-order valence-electron chi connectivity index (χ3n) is 2.85. The summed E-state index contributed by atoms with van der Waals surface area (Å²) in [6.07, 6.45) is -0.237. The Morgan fingerprint density at radius 3 is 2.64 bits per heavy atom. The molecule has 2 aromatic carbocycles. The van der Waals surface area contributed by atoms with E-state index in [4.69, 9.17) is 4.84 Å². The molecule has 2 nitrogen and oxygen atoms in total. The van der Waals surface area contributed by atoms with Crippen LogP contribution in [0.1, 0.15) is 22.3 Å². The number of hydrogen-bond donors (Lipinski definition) is 0. The minimum absolute atomic E-state index is 0.202. The van der Waals surface area contributed by atoms with Crippen LogP contribution in [-0.2, 0) is 17.6 Å². The lowest BCUT2D eigenvalue weighted by Gasteiger charge is -2.06. The molecule has 0 unspecified atom stereocenters. The fourth-order valence-electron chi connectivity index (χ4n) is 1.77. The predicted molar refractivity (Wildman–Crippen MR) is 79.3 cm³/mol. The number of halogens is 3. The number of benzene rings is 2. The molecule has 0 aliphatic rings. The summed E-state index contributed by atoms with van der Waals surface area (Å²) in [5.74, 6) is 0. The molecule has 0 saturated carbocycles. The largest absolute Gasteiger partial charge is 0.416 e. The second-order valence-corrected chi connectivity index (χ2v) is 4.50. The molecule has 0 spiro atoms. The Morgan fingerprint density at radius 2 is 1.91 bits per heavy atom. The maximum Gasteiger partial charge on any atom is 0.416 e. The molecule has 2 rings (SSSR count). The van der Waals surface area contributed by atoms with Crippen molar-refractivity contribution in [1.29, 1.82) is 0 Å². The highest BCUT2D eigenvalue weighted by atomic mass is 19.4. The normalized spacial score (nSPS) is 11.6. The first-order chi connectivity index (χ1) is 10.5. The molecule has 2 aromatic rings. The Hall–Kier alpha value is -2.56. The summed E-state index contributed by atoms with van der Waals surface area (Å²) >= 11 is 0. The van der Waals surface area contributed by atoms with Crippen LogP contribution in [0.25, 0.3) is 6.08 Å². The molecule has 0 N–H and O–H groups in total. The molecule has 0 aromatic heterocycles. The van der Waals surface area contributed by atoms with Crippen LogP contribution < -0.4 is 0 Å². The average molecular weight is 304 g/mol. The first kappa shape index (κ1) is 15.8. The molecular weight excluding hydrogens is 291 g/mol. The van der Waals surface area contributed by atoms with Gasteiger partial charge in [-0.15, -0.1) is 0 Å². The van der Waals surface area contributed by atoms with Gasteiger partial charge in [0.2, 0.25) is 0 Å². The maximum atomic E-state index is 12.6. The zero-order valence-corrected chi connectivity index (χ0v) is 11.6. The van der Waals surface area contributed by atoms with Gasteiger partial charge >= 0.3 is 6.18 Å². The Labute approximate surface area is 126 Å². The molecule has 0 heterocycles.